The minimum atomic E-state index is 0.400. The molecule has 1 aromatic rings. The van der Waals surface area contributed by atoms with Crippen molar-refractivity contribution in [3.05, 3.63) is 29.8 Å². The molecule has 2 rings (SSSR count). The third-order valence-electron chi connectivity index (χ3n) is 4.11. The van der Waals surface area contributed by atoms with Gasteiger partial charge in [-0.1, -0.05) is 12.1 Å². The average molecular weight is 262 g/mol. The van der Waals surface area contributed by atoms with E-state index in [2.05, 4.69) is 55.5 Å². The summed E-state index contributed by atoms with van der Waals surface area (Å²) in [7, 11) is 5.96. The molecule has 0 aromatic heterocycles. The van der Waals surface area contributed by atoms with Gasteiger partial charge in [0.1, 0.15) is 0 Å². The second kappa shape index (κ2) is 6.40. The zero-order valence-electron chi connectivity index (χ0n) is 12.5. The molecule has 0 saturated heterocycles. The maximum Gasteiger partial charge on any atom is 0.0586 e. The molecule has 1 N–H and O–H groups in total. The van der Waals surface area contributed by atoms with Crippen molar-refractivity contribution in [1.82, 2.24) is 5.32 Å². The van der Waals surface area contributed by atoms with E-state index >= 15 is 0 Å². The molecule has 19 heavy (non-hydrogen) atoms. The molecule has 1 aliphatic rings. The van der Waals surface area contributed by atoms with Gasteiger partial charge in [0.15, 0.2) is 0 Å². The Bertz CT molecular complexity index is 388. The van der Waals surface area contributed by atoms with Crippen molar-refractivity contribution >= 4 is 5.69 Å². The van der Waals surface area contributed by atoms with Crippen molar-refractivity contribution in [2.24, 2.45) is 0 Å². The molecule has 106 valence electrons. The number of hydrogen-bond acceptors (Lipinski definition) is 3. The molecule has 0 spiro atoms. The molecule has 0 radical (unpaired) electrons. The normalized spacial score (nSPS) is 24.4. The predicted octanol–water partition coefficient (Wildman–Crippen LogP) is 2.97. The molecule has 0 amide bonds. The number of methoxy groups -OCH3 is 1. The lowest BCUT2D eigenvalue weighted by Gasteiger charge is -2.21. The van der Waals surface area contributed by atoms with E-state index in [-0.39, 0.29) is 0 Å². The number of hydrogen-bond donors (Lipinski definition) is 1. The summed E-state index contributed by atoms with van der Waals surface area (Å²) >= 11 is 0. The van der Waals surface area contributed by atoms with Crippen LogP contribution in [0.5, 0.6) is 0 Å². The maximum absolute atomic E-state index is 5.43. The summed E-state index contributed by atoms with van der Waals surface area (Å²) in [5, 5.41) is 3.71. The van der Waals surface area contributed by atoms with Crippen LogP contribution in [0.4, 0.5) is 5.69 Å². The van der Waals surface area contributed by atoms with Crippen molar-refractivity contribution < 1.29 is 4.74 Å². The molecule has 0 bridgehead atoms. The van der Waals surface area contributed by atoms with Gasteiger partial charge in [0.05, 0.1) is 6.10 Å². The largest absolute Gasteiger partial charge is 0.381 e. The van der Waals surface area contributed by atoms with E-state index in [0.29, 0.717) is 18.2 Å². The topological polar surface area (TPSA) is 24.5 Å². The summed E-state index contributed by atoms with van der Waals surface area (Å²) in [6.45, 7) is 2.24. The first kappa shape index (κ1) is 14.4. The highest BCUT2D eigenvalue weighted by molar-refractivity contribution is 5.46. The van der Waals surface area contributed by atoms with Gasteiger partial charge in [-0.25, -0.2) is 0 Å². The molecule has 3 atom stereocenters. The molecular weight excluding hydrogens is 236 g/mol. The van der Waals surface area contributed by atoms with E-state index in [1.54, 1.807) is 0 Å². The Hall–Kier alpha value is -1.06. The lowest BCUT2D eigenvalue weighted by Crippen LogP contribution is -2.29. The lowest BCUT2D eigenvalue weighted by atomic mass is 10.1. The molecule has 1 fully saturated rings. The molecule has 1 saturated carbocycles. The van der Waals surface area contributed by atoms with Crippen LogP contribution in [-0.2, 0) is 4.74 Å². The Labute approximate surface area is 116 Å². The van der Waals surface area contributed by atoms with E-state index in [4.69, 9.17) is 4.74 Å². The highest BCUT2D eigenvalue weighted by Gasteiger charge is 2.25. The second-order valence-corrected chi connectivity index (χ2v) is 5.74. The first-order valence-electron chi connectivity index (χ1n) is 7.16. The Morgan fingerprint density at radius 2 is 1.89 bits per heavy atom. The predicted molar refractivity (Wildman–Crippen MR) is 80.8 cm³/mol. The van der Waals surface area contributed by atoms with Crippen LogP contribution in [0.15, 0.2) is 24.3 Å². The SMILES string of the molecule is COC1CCC(NC(C)c2ccc(N(C)C)cc2)C1. The van der Waals surface area contributed by atoms with Gasteiger partial charge >= 0.3 is 0 Å². The Balaban J connectivity index is 1.91. The van der Waals surface area contributed by atoms with Gasteiger partial charge in [0, 0.05) is 39.0 Å². The maximum atomic E-state index is 5.43. The quantitative estimate of drug-likeness (QED) is 0.883. The van der Waals surface area contributed by atoms with E-state index in [9.17, 15) is 0 Å². The summed E-state index contributed by atoms with van der Waals surface area (Å²) < 4.78 is 5.43. The first-order valence-corrected chi connectivity index (χ1v) is 7.16. The first-order chi connectivity index (χ1) is 9.10. The van der Waals surface area contributed by atoms with Crippen molar-refractivity contribution in [1.29, 1.82) is 0 Å². The van der Waals surface area contributed by atoms with Crippen LogP contribution in [0, 0.1) is 0 Å². The third-order valence-corrected chi connectivity index (χ3v) is 4.11. The van der Waals surface area contributed by atoms with Gasteiger partial charge in [-0.3, -0.25) is 0 Å². The Kier molecular flexibility index (Phi) is 4.83. The minimum Gasteiger partial charge on any atom is -0.381 e. The molecule has 3 unspecified atom stereocenters. The van der Waals surface area contributed by atoms with E-state index in [1.165, 1.54) is 24.1 Å². The van der Waals surface area contributed by atoms with Gasteiger partial charge < -0.3 is 15.0 Å². The second-order valence-electron chi connectivity index (χ2n) is 5.74. The number of anilines is 1. The van der Waals surface area contributed by atoms with Crippen LogP contribution in [0.25, 0.3) is 0 Å². The van der Waals surface area contributed by atoms with Crippen molar-refractivity contribution in [3.8, 4) is 0 Å². The highest BCUT2D eigenvalue weighted by Crippen LogP contribution is 2.25. The van der Waals surface area contributed by atoms with Crippen molar-refractivity contribution in [3.63, 3.8) is 0 Å². The lowest BCUT2D eigenvalue weighted by molar-refractivity contribution is 0.106. The number of rotatable bonds is 5. The van der Waals surface area contributed by atoms with Gasteiger partial charge in [-0.05, 0) is 43.9 Å². The van der Waals surface area contributed by atoms with Gasteiger partial charge in [-0.15, -0.1) is 0 Å². The molecule has 1 aliphatic carbocycles. The Morgan fingerprint density at radius 3 is 2.42 bits per heavy atom. The standard InChI is InChI=1S/C16H26N2O/c1-12(17-14-7-10-16(11-14)19-4)13-5-8-15(9-6-13)18(2)3/h5-6,8-9,12,14,16-17H,7,10-11H2,1-4H3. The summed E-state index contributed by atoms with van der Waals surface area (Å²) in [5.74, 6) is 0. The fourth-order valence-electron chi connectivity index (χ4n) is 2.82. The number of nitrogens with one attached hydrogen (secondary N) is 1. The van der Waals surface area contributed by atoms with Crippen molar-refractivity contribution in [2.75, 3.05) is 26.1 Å². The van der Waals surface area contributed by atoms with Crippen LogP contribution in [0.2, 0.25) is 0 Å². The minimum absolute atomic E-state index is 0.400. The van der Waals surface area contributed by atoms with Crippen LogP contribution < -0.4 is 10.2 Å². The summed E-state index contributed by atoms with van der Waals surface area (Å²) in [5.41, 5.74) is 2.60. The number of ether oxygens (including phenoxy) is 1. The van der Waals surface area contributed by atoms with Gasteiger partial charge in [0.2, 0.25) is 0 Å². The summed E-state index contributed by atoms with van der Waals surface area (Å²) in [6, 6.07) is 9.79. The highest BCUT2D eigenvalue weighted by atomic mass is 16.5. The van der Waals surface area contributed by atoms with Gasteiger partial charge in [-0.2, -0.15) is 0 Å². The van der Waals surface area contributed by atoms with Crippen LogP contribution >= 0.6 is 0 Å². The Morgan fingerprint density at radius 1 is 1.21 bits per heavy atom. The van der Waals surface area contributed by atoms with Gasteiger partial charge in [0.25, 0.3) is 0 Å². The van der Waals surface area contributed by atoms with Crippen LogP contribution in [-0.4, -0.2) is 33.4 Å². The summed E-state index contributed by atoms with van der Waals surface area (Å²) in [4.78, 5) is 2.13. The van der Waals surface area contributed by atoms with E-state index < -0.39 is 0 Å². The zero-order valence-corrected chi connectivity index (χ0v) is 12.5. The summed E-state index contributed by atoms with van der Waals surface area (Å²) in [6.07, 6.45) is 3.98. The zero-order chi connectivity index (χ0) is 13.8. The molecular formula is C16H26N2O. The third kappa shape index (κ3) is 3.71. The van der Waals surface area contributed by atoms with Crippen LogP contribution in [0.3, 0.4) is 0 Å². The monoisotopic (exact) mass is 262 g/mol. The molecule has 0 aliphatic heterocycles. The molecule has 3 heteroatoms. The fourth-order valence-corrected chi connectivity index (χ4v) is 2.82. The molecule has 3 nitrogen and oxygen atoms in total. The van der Waals surface area contributed by atoms with E-state index in [1.807, 2.05) is 7.11 Å². The smallest absolute Gasteiger partial charge is 0.0586 e. The number of nitrogens with zero attached hydrogens (tertiary/aromatic N) is 1. The average Bonchev–Trinajstić information content (AvgIpc) is 2.86. The molecule has 0 heterocycles. The van der Waals surface area contributed by atoms with E-state index in [0.717, 1.165) is 6.42 Å². The van der Waals surface area contributed by atoms with Crippen molar-refractivity contribution in [2.45, 2.75) is 44.4 Å². The van der Waals surface area contributed by atoms with Crippen LogP contribution in [0.1, 0.15) is 37.8 Å². The number of benzene rings is 1. The fraction of sp³-hybridized carbons (Fsp3) is 0.625. The molecule has 1 aromatic carbocycles.